The summed E-state index contributed by atoms with van der Waals surface area (Å²) in [6.45, 7) is -0.184. The van der Waals surface area contributed by atoms with Crippen molar-refractivity contribution in [2.75, 3.05) is 22.5 Å². The minimum absolute atomic E-state index is 0.100. The summed E-state index contributed by atoms with van der Waals surface area (Å²) in [6, 6.07) is 8.12. The van der Waals surface area contributed by atoms with Gasteiger partial charge in [-0.3, -0.25) is 19.3 Å². The van der Waals surface area contributed by atoms with Gasteiger partial charge in [-0.1, -0.05) is 6.07 Å². The molecule has 1 heterocycles. The van der Waals surface area contributed by atoms with Gasteiger partial charge in [0.05, 0.1) is 17.7 Å². The average Bonchev–Trinajstić information content (AvgIpc) is 2.58. The van der Waals surface area contributed by atoms with Gasteiger partial charge < -0.3 is 5.11 Å². The number of carbonyl (C=O) groups is 1. The third kappa shape index (κ3) is 4.25. The van der Waals surface area contributed by atoms with Crippen molar-refractivity contribution in [2.45, 2.75) is 6.54 Å². The summed E-state index contributed by atoms with van der Waals surface area (Å²) in [7, 11) is -2.27. The molecule has 0 fully saturated rings. The molecule has 0 radical (unpaired) electrons. The largest absolute Gasteiger partial charge is 0.465 e. The number of nitro groups is 1. The predicted octanol–water partition coefficient (Wildman–Crippen LogP) is 2.07. The third-order valence-electron chi connectivity index (χ3n) is 3.59. The summed E-state index contributed by atoms with van der Waals surface area (Å²) in [5.74, 6) is 0.100. The van der Waals surface area contributed by atoms with E-state index in [1.807, 2.05) is 0 Å². The first-order valence-electron chi connectivity index (χ1n) is 7.24. The zero-order valence-corrected chi connectivity index (χ0v) is 14.8. The van der Waals surface area contributed by atoms with E-state index in [0.29, 0.717) is 5.56 Å². The van der Waals surface area contributed by atoms with Gasteiger partial charge in [0.1, 0.15) is 5.82 Å². The Morgan fingerprint density at radius 3 is 2.38 bits per heavy atom. The molecule has 0 saturated carbocycles. The Kier molecular flexibility index (Phi) is 5.41. The fourth-order valence-corrected chi connectivity index (χ4v) is 2.67. The number of non-ortho nitro benzene ring substituents is 1. The van der Waals surface area contributed by atoms with E-state index in [-0.39, 0.29) is 23.7 Å². The van der Waals surface area contributed by atoms with Gasteiger partial charge in [-0.05, 0) is 18.2 Å². The molecule has 26 heavy (non-hydrogen) atoms. The molecule has 0 aliphatic carbocycles. The Morgan fingerprint density at radius 1 is 1.27 bits per heavy atom. The molecule has 1 N–H and O–H groups in total. The van der Waals surface area contributed by atoms with E-state index < -0.39 is 21.0 Å². The molecular weight excluding hydrogens is 364 g/mol. The summed E-state index contributed by atoms with van der Waals surface area (Å²) in [5, 5.41) is 20.2. The van der Waals surface area contributed by atoms with Gasteiger partial charge in [-0.2, -0.15) is 0 Å². The number of pyridine rings is 1. The number of carboxylic acid groups (broad SMARTS) is 1. The highest BCUT2D eigenvalue weighted by molar-refractivity contribution is 7.92. The molecule has 10 nitrogen and oxygen atoms in total. The summed E-state index contributed by atoms with van der Waals surface area (Å²) >= 11 is 0. The van der Waals surface area contributed by atoms with Gasteiger partial charge in [-0.15, -0.1) is 0 Å². The van der Waals surface area contributed by atoms with E-state index in [4.69, 9.17) is 0 Å². The van der Waals surface area contributed by atoms with Gasteiger partial charge in [0.15, 0.2) is 0 Å². The fraction of sp³-hybridized carbons (Fsp3) is 0.200. The first-order valence-corrected chi connectivity index (χ1v) is 9.09. The van der Waals surface area contributed by atoms with Crippen LogP contribution in [0.1, 0.15) is 5.56 Å². The molecule has 0 aliphatic heterocycles. The molecule has 138 valence electrons. The van der Waals surface area contributed by atoms with Crippen LogP contribution in [0.2, 0.25) is 0 Å². The number of aromatic nitrogens is 1. The number of hydrogen-bond acceptors (Lipinski definition) is 6. The summed E-state index contributed by atoms with van der Waals surface area (Å²) in [5.41, 5.74) is 0.402. The Morgan fingerprint density at radius 2 is 1.88 bits per heavy atom. The number of rotatable bonds is 6. The molecule has 0 spiro atoms. The highest BCUT2D eigenvalue weighted by Crippen LogP contribution is 2.25. The zero-order valence-electron chi connectivity index (χ0n) is 13.9. The van der Waals surface area contributed by atoms with Crippen molar-refractivity contribution in [2.24, 2.45) is 0 Å². The molecule has 0 atom stereocenters. The monoisotopic (exact) mass is 380 g/mol. The van der Waals surface area contributed by atoms with Crippen molar-refractivity contribution >= 4 is 33.3 Å². The van der Waals surface area contributed by atoms with E-state index in [1.54, 1.807) is 12.1 Å². The third-order valence-corrected chi connectivity index (χ3v) is 4.76. The quantitative estimate of drug-likeness (QED) is 0.599. The maximum atomic E-state index is 11.8. The Balaban J connectivity index is 2.40. The number of anilines is 2. The Bertz CT molecular complexity index is 929. The van der Waals surface area contributed by atoms with Gasteiger partial charge in [0.2, 0.25) is 10.0 Å². The lowest BCUT2D eigenvalue weighted by Gasteiger charge is -2.23. The van der Waals surface area contributed by atoms with Crippen LogP contribution in [0.25, 0.3) is 0 Å². The first-order chi connectivity index (χ1) is 12.1. The molecule has 11 heteroatoms. The smallest absolute Gasteiger partial charge is 0.412 e. The lowest BCUT2D eigenvalue weighted by atomic mass is 10.2. The average molecular weight is 380 g/mol. The van der Waals surface area contributed by atoms with Gasteiger partial charge in [0, 0.05) is 36.6 Å². The van der Waals surface area contributed by atoms with Crippen molar-refractivity contribution in [1.29, 1.82) is 0 Å². The second kappa shape index (κ2) is 7.35. The molecule has 1 aromatic carbocycles. The van der Waals surface area contributed by atoms with Crippen molar-refractivity contribution in [1.82, 2.24) is 4.98 Å². The number of hydrogen-bond donors (Lipinski definition) is 1. The predicted molar refractivity (Wildman–Crippen MR) is 94.8 cm³/mol. The molecule has 0 unspecified atom stereocenters. The maximum absolute atomic E-state index is 11.8. The second-order valence-corrected chi connectivity index (χ2v) is 7.37. The van der Waals surface area contributed by atoms with Crippen LogP contribution in [0.5, 0.6) is 0 Å². The van der Waals surface area contributed by atoms with Crippen LogP contribution >= 0.6 is 0 Å². The number of amides is 1. The maximum Gasteiger partial charge on any atom is 0.412 e. The molecule has 1 amide bonds. The van der Waals surface area contributed by atoms with Crippen molar-refractivity contribution in [3.05, 3.63) is 58.3 Å². The van der Waals surface area contributed by atoms with Crippen molar-refractivity contribution < 1.29 is 23.2 Å². The SMILES string of the molecule is CN(c1ncccc1CN(C(=O)O)c1ccc([N+](=O)[O-])cc1)S(C)(=O)=O. The highest BCUT2D eigenvalue weighted by Gasteiger charge is 2.22. The van der Waals surface area contributed by atoms with Gasteiger partial charge >= 0.3 is 6.09 Å². The fourth-order valence-electron chi connectivity index (χ4n) is 2.19. The van der Waals surface area contributed by atoms with E-state index >= 15 is 0 Å². The normalized spacial score (nSPS) is 11.0. The minimum Gasteiger partial charge on any atom is -0.465 e. The van der Waals surface area contributed by atoms with Crippen LogP contribution in [0.15, 0.2) is 42.6 Å². The topological polar surface area (TPSA) is 134 Å². The molecule has 2 rings (SSSR count). The van der Waals surface area contributed by atoms with E-state index in [2.05, 4.69) is 4.98 Å². The van der Waals surface area contributed by atoms with Crippen LogP contribution in [-0.2, 0) is 16.6 Å². The Labute approximate surface area is 149 Å². The number of nitro benzene ring substituents is 1. The summed E-state index contributed by atoms with van der Waals surface area (Å²) in [4.78, 5) is 26.7. The zero-order chi connectivity index (χ0) is 19.5. The van der Waals surface area contributed by atoms with Crippen LogP contribution in [0.4, 0.5) is 22.0 Å². The number of nitrogens with zero attached hydrogens (tertiary/aromatic N) is 4. The van der Waals surface area contributed by atoms with E-state index in [0.717, 1.165) is 15.5 Å². The highest BCUT2D eigenvalue weighted by atomic mass is 32.2. The summed E-state index contributed by atoms with van der Waals surface area (Å²) in [6.07, 6.45) is 1.12. The first kappa shape index (κ1) is 19.1. The second-order valence-electron chi connectivity index (χ2n) is 5.36. The molecule has 0 aliphatic rings. The molecule has 2 aromatic rings. The van der Waals surface area contributed by atoms with Gasteiger partial charge in [-0.25, -0.2) is 18.2 Å². The number of sulfonamides is 1. The summed E-state index contributed by atoms with van der Waals surface area (Å²) < 4.78 is 24.5. The molecular formula is C15H16N4O6S. The Hall–Kier alpha value is -3.21. The number of benzene rings is 1. The molecule has 0 saturated heterocycles. The van der Waals surface area contributed by atoms with E-state index in [9.17, 15) is 28.4 Å². The van der Waals surface area contributed by atoms with Crippen LogP contribution in [0, 0.1) is 10.1 Å². The lowest BCUT2D eigenvalue weighted by molar-refractivity contribution is -0.384. The van der Waals surface area contributed by atoms with Crippen molar-refractivity contribution in [3.63, 3.8) is 0 Å². The van der Waals surface area contributed by atoms with Gasteiger partial charge in [0.25, 0.3) is 5.69 Å². The van der Waals surface area contributed by atoms with Crippen LogP contribution in [0.3, 0.4) is 0 Å². The standard InChI is InChI=1S/C15H16N4O6S/c1-17(26(2,24)25)14-11(4-3-9-16-14)10-18(15(20)21)12-5-7-13(8-6-12)19(22)23/h3-9H,10H2,1-2H3,(H,20,21). The van der Waals surface area contributed by atoms with Crippen LogP contribution < -0.4 is 9.21 Å². The van der Waals surface area contributed by atoms with E-state index in [1.165, 1.54) is 37.5 Å². The van der Waals surface area contributed by atoms with Crippen molar-refractivity contribution in [3.8, 4) is 0 Å². The molecule has 1 aromatic heterocycles. The molecule has 0 bridgehead atoms. The minimum atomic E-state index is -3.58. The lowest BCUT2D eigenvalue weighted by Crippen LogP contribution is -2.31. The van der Waals surface area contributed by atoms with Crippen LogP contribution in [-0.4, -0.2) is 42.8 Å².